The number of hydrogen-bond acceptors (Lipinski definition) is 5. The molecule has 0 saturated carbocycles. The molecular formula is C11H19N5O. The molecule has 0 fully saturated rings. The van der Waals surface area contributed by atoms with Gasteiger partial charge in [0.15, 0.2) is 0 Å². The fourth-order valence-corrected chi connectivity index (χ4v) is 1.43. The lowest BCUT2D eigenvalue weighted by molar-refractivity contribution is -0.119. The van der Waals surface area contributed by atoms with Gasteiger partial charge in [-0.15, -0.1) is 0 Å². The normalized spacial score (nSPS) is 9.88. The van der Waals surface area contributed by atoms with Crippen molar-refractivity contribution in [2.24, 2.45) is 0 Å². The summed E-state index contributed by atoms with van der Waals surface area (Å²) in [4.78, 5) is 21.8. The zero-order valence-corrected chi connectivity index (χ0v) is 10.7. The van der Waals surface area contributed by atoms with Crippen molar-refractivity contribution in [1.82, 2.24) is 15.3 Å². The molecular weight excluding hydrogens is 218 g/mol. The van der Waals surface area contributed by atoms with E-state index < -0.39 is 0 Å². The van der Waals surface area contributed by atoms with Crippen molar-refractivity contribution in [3.05, 3.63) is 11.8 Å². The quantitative estimate of drug-likeness (QED) is 0.775. The summed E-state index contributed by atoms with van der Waals surface area (Å²) in [6.07, 6.45) is 0. The Hall–Kier alpha value is -1.85. The van der Waals surface area contributed by atoms with E-state index in [0.29, 0.717) is 19.0 Å². The van der Waals surface area contributed by atoms with E-state index in [-0.39, 0.29) is 5.91 Å². The van der Waals surface area contributed by atoms with Gasteiger partial charge in [0.05, 0.1) is 6.54 Å². The van der Waals surface area contributed by atoms with Gasteiger partial charge < -0.3 is 15.5 Å². The second-order valence-corrected chi connectivity index (χ2v) is 3.63. The van der Waals surface area contributed by atoms with Gasteiger partial charge in [-0.1, -0.05) is 0 Å². The maximum atomic E-state index is 11.4. The molecule has 1 aromatic rings. The third kappa shape index (κ3) is 3.58. The Morgan fingerprint density at radius 1 is 1.41 bits per heavy atom. The average molecular weight is 237 g/mol. The first-order valence-corrected chi connectivity index (χ1v) is 5.59. The molecule has 0 bridgehead atoms. The minimum atomic E-state index is -0.0332. The Kier molecular flexibility index (Phi) is 4.68. The van der Waals surface area contributed by atoms with Gasteiger partial charge in [0, 0.05) is 32.4 Å². The fraction of sp³-hybridized carbons (Fsp3) is 0.545. The zero-order chi connectivity index (χ0) is 12.8. The molecule has 0 aliphatic heterocycles. The first-order valence-electron chi connectivity index (χ1n) is 5.59. The molecule has 17 heavy (non-hydrogen) atoms. The lowest BCUT2D eigenvalue weighted by Gasteiger charge is -2.21. The highest BCUT2D eigenvalue weighted by Gasteiger charge is 2.11. The highest BCUT2D eigenvalue weighted by atomic mass is 16.1. The van der Waals surface area contributed by atoms with Crippen LogP contribution in [0.4, 0.5) is 11.8 Å². The van der Waals surface area contributed by atoms with Crippen LogP contribution in [0.25, 0.3) is 0 Å². The van der Waals surface area contributed by atoms with Crippen LogP contribution in [-0.2, 0) is 4.79 Å². The van der Waals surface area contributed by atoms with Gasteiger partial charge in [-0.3, -0.25) is 4.79 Å². The van der Waals surface area contributed by atoms with E-state index >= 15 is 0 Å². The topological polar surface area (TPSA) is 70.2 Å². The molecule has 1 rings (SSSR count). The van der Waals surface area contributed by atoms with Gasteiger partial charge in [0.25, 0.3) is 0 Å². The van der Waals surface area contributed by atoms with Crippen molar-refractivity contribution in [2.75, 3.05) is 37.4 Å². The molecule has 0 radical (unpaired) electrons. The van der Waals surface area contributed by atoms with Crippen molar-refractivity contribution < 1.29 is 4.79 Å². The minimum absolute atomic E-state index is 0.0332. The molecule has 0 aliphatic rings. The fourth-order valence-electron chi connectivity index (χ4n) is 1.43. The van der Waals surface area contributed by atoms with Crippen LogP contribution < -0.4 is 15.5 Å². The third-order valence-electron chi connectivity index (χ3n) is 2.38. The largest absolute Gasteiger partial charge is 0.358 e. The summed E-state index contributed by atoms with van der Waals surface area (Å²) in [5, 5.41) is 5.51. The Labute approximate surface area is 101 Å². The van der Waals surface area contributed by atoms with Crippen molar-refractivity contribution in [1.29, 1.82) is 0 Å². The summed E-state index contributed by atoms with van der Waals surface area (Å²) in [5.74, 6) is 1.29. The molecule has 0 aliphatic carbocycles. The lowest BCUT2D eigenvalue weighted by Crippen LogP contribution is -2.36. The first kappa shape index (κ1) is 13.2. The Bertz CT molecular complexity index is 393. The smallest absolute Gasteiger partial charge is 0.239 e. The lowest BCUT2D eigenvalue weighted by atomic mass is 10.3. The summed E-state index contributed by atoms with van der Waals surface area (Å²) in [6, 6.07) is 1.87. The van der Waals surface area contributed by atoms with Crippen LogP contribution in [0.15, 0.2) is 6.07 Å². The van der Waals surface area contributed by atoms with Crippen LogP contribution in [-0.4, -0.2) is 43.1 Å². The number of nitrogens with zero attached hydrogens (tertiary/aromatic N) is 3. The van der Waals surface area contributed by atoms with Crippen LogP contribution >= 0.6 is 0 Å². The van der Waals surface area contributed by atoms with Gasteiger partial charge in [0.1, 0.15) is 5.82 Å². The van der Waals surface area contributed by atoms with E-state index in [9.17, 15) is 4.79 Å². The number of carbonyl (C=O) groups excluding carboxylic acids is 1. The number of aryl methyl sites for hydroxylation is 1. The second-order valence-electron chi connectivity index (χ2n) is 3.63. The van der Waals surface area contributed by atoms with E-state index in [0.717, 1.165) is 11.5 Å². The van der Waals surface area contributed by atoms with E-state index in [2.05, 4.69) is 20.6 Å². The molecule has 0 saturated heterocycles. The third-order valence-corrected chi connectivity index (χ3v) is 2.38. The SMILES string of the molecule is CCN(CC(=O)NC)c1cc(C)nc(NC)n1. The molecule has 0 aromatic carbocycles. The second kappa shape index (κ2) is 6.03. The molecule has 6 heteroatoms. The molecule has 0 spiro atoms. The van der Waals surface area contributed by atoms with Crippen molar-refractivity contribution in [3.8, 4) is 0 Å². The number of nitrogens with one attached hydrogen (secondary N) is 2. The first-order chi connectivity index (χ1) is 8.10. The predicted octanol–water partition coefficient (Wildman–Crippen LogP) is 0.399. The van der Waals surface area contributed by atoms with Crippen molar-refractivity contribution >= 4 is 17.7 Å². The monoisotopic (exact) mass is 237 g/mol. The number of rotatable bonds is 5. The van der Waals surface area contributed by atoms with Gasteiger partial charge in [-0.05, 0) is 13.8 Å². The van der Waals surface area contributed by atoms with E-state index in [1.165, 1.54) is 0 Å². The van der Waals surface area contributed by atoms with Gasteiger partial charge in [-0.25, -0.2) is 4.98 Å². The Balaban J connectivity index is 2.94. The highest BCUT2D eigenvalue weighted by molar-refractivity contribution is 5.80. The number of likely N-dealkylation sites (N-methyl/N-ethyl adjacent to an activating group) is 2. The Morgan fingerprint density at radius 2 is 2.12 bits per heavy atom. The summed E-state index contributed by atoms with van der Waals surface area (Å²) in [6.45, 7) is 4.90. The van der Waals surface area contributed by atoms with Crippen molar-refractivity contribution in [2.45, 2.75) is 13.8 Å². The van der Waals surface area contributed by atoms with Crippen LogP contribution in [0.5, 0.6) is 0 Å². The van der Waals surface area contributed by atoms with E-state index in [1.54, 1.807) is 14.1 Å². The maximum Gasteiger partial charge on any atom is 0.239 e. The number of anilines is 2. The molecule has 1 heterocycles. The summed E-state index contributed by atoms with van der Waals surface area (Å²) in [5.41, 5.74) is 0.870. The highest BCUT2D eigenvalue weighted by Crippen LogP contribution is 2.14. The summed E-state index contributed by atoms with van der Waals surface area (Å²) in [7, 11) is 3.40. The standard InChI is InChI=1S/C11H19N5O/c1-5-16(7-10(17)12-3)9-6-8(2)14-11(13-4)15-9/h6H,5,7H2,1-4H3,(H,12,17)(H,13,14,15). The van der Waals surface area contributed by atoms with Crippen LogP contribution in [0.2, 0.25) is 0 Å². The molecule has 0 unspecified atom stereocenters. The zero-order valence-electron chi connectivity index (χ0n) is 10.7. The molecule has 94 valence electrons. The molecule has 0 atom stereocenters. The van der Waals surface area contributed by atoms with Crippen LogP contribution in [0.1, 0.15) is 12.6 Å². The average Bonchev–Trinajstić information content (AvgIpc) is 2.34. The van der Waals surface area contributed by atoms with E-state index in [1.807, 2.05) is 24.8 Å². The number of amides is 1. The molecule has 1 amide bonds. The molecule has 1 aromatic heterocycles. The van der Waals surface area contributed by atoms with Gasteiger partial charge >= 0.3 is 0 Å². The number of hydrogen-bond donors (Lipinski definition) is 2. The molecule has 6 nitrogen and oxygen atoms in total. The maximum absolute atomic E-state index is 11.4. The summed E-state index contributed by atoms with van der Waals surface area (Å²) >= 11 is 0. The van der Waals surface area contributed by atoms with Gasteiger partial charge in [-0.2, -0.15) is 4.98 Å². The van der Waals surface area contributed by atoms with Gasteiger partial charge in [0.2, 0.25) is 11.9 Å². The minimum Gasteiger partial charge on any atom is -0.358 e. The van der Waals surface area contributed by atoms with Crippen molar-refractivity contribution in [3.63, 3.8) is 0 Å². The number of aromatic nitrogens is 2. The summed E-state index contributed by atoms with van der Waals surface area (Å²) < 4.78 is 0. The van der Waals surface area contributed by atoms with Crippen LogP contribution in [0.3, 0.4) is 0 Å². The Morgan fingerprint density at radius 3 is 2.65 bits per heavy atom. The van der Waals surface area contributed by atoms with Crippen LogP contribution in [0, 0.1) is 6.92 Å². The van der Waals surface area contributed by atoms with E-state index in [4.69, 9.17) is 0 Å². The predicted molar refractivity (Wildman–Crippen MR) is 68.3 cm³/mol. The molecule has 2 N–H and O–H groups in total. The number of carbonyl (C=O) groups is 1.